The average Bonchev–Trinajstić information content (AvgIpc) is 2.21. The zero-order valence-electron chi connectivity index (χ0n) is 10.2. The SMILES string of the molecule is Cc1ccccc1NC(=O)NCCC(C)C. The van der Waals surface area contributed by atoms with E-state index in [1.807, 2.05) is 31.2 Å². The average molecular weight is 220 g/mol. The maximum atomic E-state index is 11.5. The second-order valence-corrected chi connectivity index (χ2v) is 4.38. The first kappa shape index (κ1) is 12.6. The highest BCUT2D eigenvalue weighted by Gasteiger charge is 2.03. The highest BCUT2D eigenvalue weighted by molar-refractivity contribution is 5.89. The first-order chi connectivity index (χ1) is 7.59. The summed E-state index contributed by atoms with van der Waals surface area (Å²) < 4.78 is 0. The maximum Gasteiger partial charge on any atom is 0.319 e. The second kappa shape index (κ2) is 6.16. The molecule has 0 unspecified atom stereocenters. The number of para-hydroxylation sites is 1. The number of nitrogens with one attached hydrogen (secondary N) is 2. The van der Waals surface area contributed by atoms with Crippen molar-refractivity contribution in [3.63, 3.8) is 0 Å². The molecule has 1 rings (SSSR count). The van der Waals surface area contributed by atoms with Crippen LogP contribution >= 0.6 is 0 Å². The molecule has 1 aromatic rings. The Morgan fingerprint density at radius 3 is 2.62 bits per heavy atom. The summed E-state index contributed by atoms with van der Waals surface area (Å²) in [6, 6.07) is 7.62. The maximum absolute atomic E-state index is 11.5. The predicted molar refractivity (Wildman–Crippen MR) is 67.7 cm³/mol. The van der Waals surface area contributed by atoms with Gasteiger partial charge in [0.2, 0.25) is 0 Å². The number of benzene rings is 1. The minimum atomic E-state index is -0.130. The number of aryl methyl sites for hydroxylation is 1. The van der Waals surface area contributed by atoms with Crippen LogP contribution in [-0.4, -0.2) is 12.6 Å². The van der Waals surface area contributed by atoms with Crippen LogP contribution < -0.4 is 10.6 Å². The lowest BCUT2D eigenvalue weighted by molar-refractivity contribution is 0.251. The van der Waals surface area contributed by atoms with Crippen molar-refractivity contribution in [3.8, 4) is 0 Å². The zero-order chi connectivity index (χ0) is 12.0. The Morgan fingerprint density at radius 1 is 1.31 bits per heavy atom. The summed E-state index contributed by atoms with van der Waals surface area (Å²) in [5, 5.41) is 5.67. The highest BCUT2D eigenvalue weighted by Crippen LogP contribution is 2.12. The van der Waals surface area contributed by atoms with Crippen molar-refractivity contribution < 1.29 is 4.79 Å². The number of carbonyl (C=O) groups excluding carboxylic acids is 1. The van der Waals surface area contributed by atoms with Crippen molar-refractivity contribution >= 4 is 11.7 Å². The predicted octanol–water partition coefficient (Wildman–Crippen LogP) is 3.16. The van der Waals surface area contributed by atoms with Crippen molar-refractivity contribution in [2.24, 2.45) is 5.92 Å². The summed E-state index contributed by atoms with van der Waals surface area (Å²) in [4.78, 5) is 11.5. The lowest BCUT2D eigenvalue weighted by Crippen LogP contribution is -2.30. The van der Waals surface area contributed by atoms with E-state index in [1.165, 1.54) is 0 Å². The molecular weight excluding hydrogens is 200 g/mol. The molecule has 0 spiro atoms. The van der Waals surface area contributed by atoms with E-state index in [0.29, 0.717) is 5.92 Å². The molecule has 0 aliphatic rings. The van der Waals surface area contributed by atoms with Crippen LogP contribution in [0.25, 0.3) is 0 Å². The van der Waals surface area contributed by atoms with E-state index in [9.17, 15) is 4.79 Å². The molecule has 0 saturated heterocycles. The van der Waals surface area contributed by atoms with Crippen LogP contribution in [0.3, 0.4) is 0 Å². The van der Waals surface area contributed by atoms with Gasteiger partial charge in [-0.2, -0.15) is 0 Å². The fourth-order valence-electron chi connectivity index (χ4n) is 1.35. The van der Waals surface area contributed by atoms with Crippen LogP contribution in [0.1, 0.15) is 25.8 Å². The standard InChI is InChI=1S/C13H20N2O/c1-10(2)8-9-14-13(16)15-12-7-5-4-6-11(12)3/h4-7,10H,8-9H2,1-3H3,(H2,14,15,16). The molecular formula is C13H20N2O. The normalized spacial score (nSPS) is 10.2. The molecule has 2 amide bonds. The largest absolute Gasteiger partial charge is 0.338 e. The van der Waals surface area contributed by atoms with E-state index in [1.54, 1.807) is 0 Å². The highest BCUT2D eigenvalue weighted by atomic mass is 16.2. The van der Waals surface area contributed by atoms with Gasteiger partial charge in [-0.15, -0.1) is 0 Å². The number of hydrogen-bond acceptors (Lipinski definition) is 1. The number of urea groups is 1. The van der Waals surface area contributed by atoms with Crippen molar-refractivity contribution in [2.75, 3.05) is 11.9 Å². The number of carbonyl (C=O) groups is 1. The van der Waals surface area contributed by atoms with Gasteiger partial charge in [0, 0.05) is 12.2 Å². The number of rotatable bonds is 4. The molecule has 2 N–H and O–H groups in total. The van der Waals surface area contributed by atoms with E-state index in [4.69, 9.17) is 0 Å². The van der Waals surface area contributed by atoms with Gasteiger partial charge in [0.1, 0.15) is 0 Å². The van der Waals surface area contributed by atoms with Crippen molar-refractivity contribution in [1.29, 1.82) is 0 Å². The summed E-state index contributed by atoms with van der Waals surface area (Å²) in [7, 11) is 0. The van der Waals surface area contributed by atoms with Gasteiger partial charge in [0.15, 0.2) is 0 Å². The summed E-state index contributed by atoms with van der Waals surface area (Å²) in [5.74, 6) is 0.610. The zero-order valence-corrected chi connectivity index (χ0v) is 10.2. The topological polar surface area (TPSA) is 41.1 Å². The second-order valence-electron chi connectivity index (χ2n) is 4.38. The Labute approximate surface area is 97.2 Å². The van der Waals surface area contributed by atoms with Crippen LogP contribution in [0, 0.1) is 12.8 Å². The first-order valence-corrected chi connectivity index (χ1v) is 5.70. The van der Waals surface area contributed by atoms with E-state index < -0.39 is 0 Å². The monoisotopic (exact) mass is 220 g/mol. The van der Waals surface area contributed by atoms with E-state index in [2.05, 4.69) is 24.5 Å². The van der Waals surface area contributed by atoms with E-state index in [-0.39, 0.29) is 6.03 Å². The quantitative estimate of drug-likeness (QED) is 0.804. The van der Waals surface area contributed by atoms with Gasteiger partial charge in [-0.1, -0.05) is 32.0 Å². The molecule has 0 radical (unpaired) electrons. The number of anilines is 1. The number of amides is 2. The van der Waals surface area contributed by atoms with Crippen LogP contribution in [-0.2, 0) is 0 Å². The Morgan fingerprint density at radius 2 is 2.00 bits per heavy atom. The molecule has 0 aliphatic carbocycles. The smallest absolute Gasteiger partial charge is 0.319 e. The van der Waals surface area contributed by atoms with Gasteiger partial charge >= 0.3 is 6.03 Å². The molecule has 0 fully saturated rings. The van der Waals surface area contributed by atoms with Gasteiger partial charge in [0.25, 0.3) is 0 Å². The Kier molecular flexibility index (Phi) is 4.83. The van der Waals surface area contributed by atoms with Gasteiger partial charge in [-0.25, -0.2) is 4.79 Å². The Balaban J connectivity index is 2.37. The molecule has 0 bridgehead atoms. The van der Waals surface area contributed by atoms with Crippen molar-refractivity contribution in [2.45, 2.75) is 27.2 Å². The molecule has 1 aromatic carbocycles. The molecule has 16 heavy (non-hydrogen) atoms. The summed E-state index contributed by atoms with van der Waals surface area (Å²) in [5.41, 5.74) is 1.94. The van der Waals surface area contributed by atoms with Crippen LogP contribution in [0.15, 0.2) is 24.3 Å². The van der Waals surface area contributed by atoms with Gasteiger partial charge in [-0.3, -0.25) is 0 Å². The van der Waals surface area contributed by atoms with Crippen molar-refractivity contribution in [1.82, 2.24) is 5.32 Å². The van der Waals surface area contributed by atoms with E-state index >= 15 is 0 Å². The third kappa shape index (κ3) is 4.34. The summed E-state index contributed by atoms with van der Waals surface area (Å²) in [6.45, 7) is 6.97. The third-order valence-corrected chi connectivity index (χ3v) is 2.40. The molecule has 0 aromatic heterocycles. The number of hydrogen-bond donors (Lipinski definition) is 2. The Hall–Kier alpha value is -1.51. The van der Waals surface area contributed by atoms with Crippen molar-refractivity contribution in [3.05, 3.63) is 29.8 Å². The van der Waals surface area contributed by atoms with E-state index in [0.717, 1.165) is 24.2 Å². The third-order valence-electron chi connectivity index (χ3n) is 2.40. The van der Waals surface area contributed by atoms with Crippen LogP contribution in [0.5, 0.6) is 0 Å². The molecule has 0 aliphatic heterocycles. The molecule has 0 atom stereocenters. The molecule has 3 heteroatoms. The molecule has 3 nitrogen and oxygen atoms in total. The minimum Gasteiger partial charge on any atom is -0.338 e. The summed E-state index contributed by atoms with van der Waals surface area (Å²) in [6.07, 6.45) is 1.00. The van der Waals surface area contributed by atoms with Gasteiger partial charge < -0.3 is 10.6 Å². The van der Waals surface area contributed by atoms with Gasteiger partial charge in [-0.05, 0) is 30.9 Å². The van der Waals surface area contributed by atoms with Crippen LogP contribution in [0.4, 0.5) is 10.5 Å². The first-order valence-electron chi connectivity index (χ1n) is 5.70. The molecule has 88 valence electrons. The Bertz CT molecular complexity index is 348. The minimum absolute atomic E-state index is 0.130. The fourth-order valence-corrected chi connectivity index (χ4v) is 1.35. The van der Waals surface area contributed by atoms with Crippen LogP contribution in [0.2, 0.25) is 0 Å². The lowest BCUT2D eigenvalue weighted by atomic mass is 10.1. The summed E-state index contributed by atoms with van der Waals surface area (Å²) >= 11 is 0. The lowest BCUT2D eigenvalue weighted by Gasteiger charge is -2.10. The van der Waals surface area contributed by atoms with Gasteiger partial charge in [0.05, 0.1) is 0 Å². The molecule has 0 saturated carbocycles. The molecule has 0 heterocycles. The fraction of sp³-hybridized carbons (Fsp3) is 0.462.